The molecule has 27 heavy (non-hydrogen) atoms. The Balaban J connectivity index is 1.79. The first-order valence-corrected chi connectivity index (χ1v) is 10.00. The minimum atomic E-state index is -0.252. The molecule has 3 aromatic rings. The van der Waals surface area contributed by atoms with Gasteiger partial charge in [0.2, 0.25) is 0 Å². The molecule has 3 aromatic carbocycles. The third-order valence-corrected chi connectivity index (χ3v) is 5.39. The molecular formula is C23H21BrN2O. The van der Waals surface area contributed by atoms with Crippen molar-refractivity contribution in [1.82, 2.24) is 0 Å². The molecule has 4 heteroatoms. The number of rotatable bonds is 4. The summed E-state index contributed by atoms with van der Waals surface area (Å²) >= 11 is 3.49. The van der Waals surface area contributed by atoms with Gasteiger partial charge in [-0.2, -0.15) is 0 Å². The molecule has 0 aromatic heterocycles. The molecule has 4 rings (SSSR count). The van der Waals surface area contributed by atoms with E-state index in [2.05, 4.69) is 40.3 Å². The topological polar surface area (TPSA) is 32.3 Å². The molecule has 1 atom stereocenters. The minimum absolute atomic E-state index is 0.0144. The fourth-order valence-corrected chi connectivity index (χ4v) is 3.77. The Morgan fingerprint density at radius 2 is 1.67 bits per heavy atom. The van der Waals surface area contributed by atoms with Crippen LogP contribution in [0.3, 0.4) is 0 Å². The van der Waals surface area contributed by atoms with Crippen molar-refractivity contribution in [3.8, 4) is 0 Å². The maximum atomic E-state index is 13.4. The average molecular weight is 421 g/mol. The van der Waals surface area contributed by atoms with Gasteiger partial charge in [0.05, 0.1) is 5.56 Å². The molecule has 0 saturated carbocycles. The fraction of sp³-hybridized carbons (Fsp3) is 0.174. The molecule has 0 aliphatic carbocycles. The second kappa shape index (κ2) is 7.57. The number of nitrogens with zero attached hydrogens (tertiary/aromatic N) is 1. The van der Waals surface area contributed by atoms with Gasteiger partial charge in [0.25, 0.3) is 5.91 Å². The SMILES string of the molecule is CCCc1ccc(N2C(=O)c3ccccc3NC2c2ccc(Br)cc2)cc1. The number of fused-ring (bicyclic) bond motifs is 1. The number of anilines is 2. The molecule has 0 bridgehead atoms. The zero-order valence-corrected chi connectivity index (χ0v) is 16.7. The predicted molar refractivity (Wildman–Crippen MR) is 114 cm³/mol. The fourth-order valence-electron chi connectivity index (χ4n) is 3.51. The maximum absolute atomic E-state index is 13.4. The smallest absolute Gasteiger partial charge is 0.262 e. The lowest BCUT2D eigenvalue weighted by atomic mass is 10.0. The lowest BCUT2D eigenvalue weighted by molar-refractivity contribution is 0.0975. The molecule has 136 valence electrons. The van der Waals surface area contributed by atoms with E-state index < -0.39 is 0 Å². The summed E-state index contributed by atoms with van der Waals surface area (Å²) < 4.78 is 1.02. The number of carbonyl (C=O) groups excluding carboxylic acids is 1. The van der Waals surface area contributed by atoms with Gasteiger partial charge in [0, 0.05) is 15.8 Å². The largest absolute Gasteiger partial charge is 0.360 e. The number of halogens is 1. The first kappa shape index (κ1) is 17.8. The number of nitrogens with one attached hydrogen (secondary N) is 1. The number of amides is 1. The van der Waals surface area contributed by atoms with Crippen LogP contribution in [0.5, 0.6) is 0 Å². The van der Waals surface area contributed by atoms with E-state index in [1.54, 1.807) is 0 Å². The molecule has 1 aliphatic heterocycles. The monoisotopic (exact) mass is 420 g/mol. The van der Waals surface area contributed by atoms with Crippen LogP contribution < -0.4 is 10.2 Å². The highest BCUT2D eigenvalue weighted by molar-refractivity contribution is 9.10. The molecule has 1 amide bonds. The summed E-state index contributed by atoms with van der Waals surface area (Å²) in [6, 6.07) is 24.1. The van der Waals surface area contributed by atoms with Crippen LogP contribution in [0, 0.1) is 0 Å². The van der Waals surface area contributed by atoms with Crippen LogP contribution in [0.25, 0.3) is 0 Å². The highest BCUT2D eigenvalue weighted by Gasteiger charge is 2.33. The van der Waals surface area contributed by atoms with E-state index in [9.17, 15) is 4.79 Å². The van der Waals surface area contributed by atoms with Crippen LogP contribution in [0.15, 0.2) is 77.3 Å². The van der Waals surface area contributed by atoms with Crippen LogP contribution in [-0.4, -0.2) is 5.91 Å². The first-order valence-electron chi connectivity index (χ1n) is 9.21. The van der Waals surface area contributed by atoms with Gasteiger partial charge in [-0.3, -0.25) is 9.69 Å². The zero-order valence-electron chi connectivity index (χ0n) is 15.2. The van der Waals surface area contributed by atoms with E-state index in [4.69, 9.17) is 0 Å². The first-order chi connectivity index (χ1) is 13.2. The number of aryl methyl sites for hydroxylation is 1. The molecule has 3 nitrogen and oxygen atoms in total. The Hall–Kier alpha value is -2.59. The third kappa shape index (κ3) is 3.50. The van der Waals surface area contributed by atoms with Gasteiger partial charge in [0.1, 0.15) is 6.17 Å². The summed E-state index contributed by atoms with van der Waals surface area (Å²) in [4.78, 5) is 15.2. The van der Waals surface area contributed by atoms with Crippen molar-refractivity contribution >= 4 is 33.2 Å². The average Bonchev–Trinajstić information content (AvgIpc) is 2.70. The Morgan fingerprint density at radius 3 is 2.37 bits per heavy atom. The van der Waals surface area contributed by atoms with Crippen molar-refractivity contribution in [2.24, 2.45) is 0 Å². The normalized spacial score (nSPS) is 16.0. The van der Waals surface area contributed by atoms with E-state index in [0.29, 0.717) is 5.56 Å². The zero-order chi connectivity index (χ0) is 18.8. The molecule has 1 N–H and O–H groups in total. The lowest BCUT2D eigenvalue weighted by Crippen LogP contribution is -2.43. The number of para-hydroxylation sites is 1. The summed E-state index contributed by atoms with van der Waals surface area (Å²) in [5, 5.41) is 3.54. The van der Waals surface area contributed by atoms with E-state index in [1.165, 1.54) is 5.56 Å². The Kier molecular flexibility index (Phi) is 4.99. The number of carbonyl (C=O) groups is 1. The Labute approximate surface area is 168 Å². The van der Waals surface area contributed by atoms with Gasteiger partial charge in [-0.15, -0.1) is 0 Å². The van der Waals surface area contributed by atoms with E-state index >= 15 is 0 Å². The van der Waals surface area contributed by atoms with Crippen LogP contribution in [0.1, 0.15) is 41.0 Å². The van der Waals surface area contributed by atoms with Crippen molar-refractivity contribution in [2.75, 3.05) is 10.2 Å². The van der Waals surface area contributed by atoms with E-state index in [1.807, 2.05) is 65.6 Å². The number of hydrogen-bond donors (Lipinski definition) is 1. The third-order valence-electron chi connectivity index (χ3n) is 4.87. The lowest BCUT2D eigenvalue weighted by Gasteiger charge is -2.38. The maximum Gasteiger partial charge on any atom is 0.262 e. The molecule has 0 spiro atoms. The molecule has 0 radical (unpaired) electrons. The number of benzene rings is 3. The Morgan fingerprint density at radius 1 is 0.963 bits per heavy atom. The molecule has 0 saturated heterocycles. The van der Waals surface area contributed by atoms with Gasteiger partial charge in [0.15, 0.2) is 0 Å². The van der Waals surface area contributed by atoms with Gasteiger partial charge in [-0.25, -0.2) is 0 Å². The van der Waals surface area contributed by atoms with Crippen LogP contribution in [0.2, 0.25) is 0 Å². The van der Waals surface area contributed by atoms with E-state index in [-0.39, 0.29) is 12.1 Å². The highest BCUT2D eigenvalue weighted by Crippen LogP contribution is 2.37. The quantitative estimate of drug-likeness (QED) is 0.546. The summed E-state index contributed by atoms with van der Waals surface area (Å²) in [6.45, 7) is 2.17. The second-order valence-corrected chi connectivity index (χ2v) is 7.65. The van der Waals surface area contributed by atoms with Crippen molar-refractivity contribution in [1.29, 1.82) is 0 Å². The van der Waals surface area contributed by atoms with Crippen molar-refractivity contribution in [3.63, 3.8) is 0 Å². The Bertz CT molecular complexity index is 951. The molecule has 1 heterocycles. The standard InChI is InChI=1S/C23H21BrN2O/c1-2-5-16-8-14-19(15-9-16)26-22(17-10-12-18(24)13-11-17)25-21-7-4-3-6-20(21)23(26)27/h3-4,6-15,22,25H,2,5H2,1H3. The summed E-state index contributed by atoms with van der Waals surface area (Å²) in [7, 11) is 0. The van der Waals surface area contributed by atoms with Gasteiger partial charge >= 0.3 is 0 Å². The highest BCUT2D eigenvalue weighted by atomic mass is 79.9. The number of hydrogen-bond acceptors (Lipinski definition) is 2. The van der Waals surface area contributed by atoms with Crippen LogP contribution in [-0.2, 0) is 6.42 Å². The molecule has 1 aliphatic rings. The van der Waals surface area contributed by atoms with Crippen LogP contribution in [0.4, 0.5) is 11.4 Å². The molecular weight excluding hydrogens is 400 g/mol. The molecule has 0 fully saturated rings. The summed E-state index contributed by atoms with van der Waals surface area (Å²) in [5.74, 6) is 0.0144. The van der Waals surface area contributed by atoms with Gasteiger partial charge < -0.3 is 5.32 Å². The van der Waals surface area contributed by atoms with Crippen molar-refractivity contribution < 1.29 is 4.79 Å². The van der Waals surface area contributed by atoms with Crippen LogP contribution >= 0.6 is 15.9 Å². The van der Waals surface area contributed by atoms with E-state index in [0.717, 1.165) is 34.3 Å². The van der Waals surface area contributed by atoms with Crippen molar-refractivity contribution in [3.05, 3.63) is 94.0 Å². The predicted octanol–water partition coefficient (Wildman–Crippen LogP) is 6.17. The van der Waals surface area contributed by atoms with Gasteiger partial charge in [-0.1, -0.05) is 65.7 Å². The molecule has 1 unspecified atom stereocenters. The van der Waals surface area contributed by atoms with Gasteiger partial charge in [-0.05, 0) is 53.9 Å². The van der Waals surface area contributed by atoms with Crippen molar-refractivity contribution in [2.45, 2.75) is 25.9 Å². The minimum Gasteiger partial charge on any atom is -0.360 e. The second-order valence-electron chi connectivity index (χ2n) is 6.74. The summed E-state index contributed by atoms with van der Waals surface area (Å²) in [5.41, 5.74) is 4.80. The summed E-state index contributed by atoms with van der Waals surface area (Å²) in [6.07, 6.45) is 1.90.